The molecule has 0 bridgehead atoms. The number of carbonyl (C=O) groups excluding carboxylic acids is 1. The topological polar surface area (TPSA) is 86.1 Å². The van der Waals surface area contributed by atoms with Crippen molar-refractivity contribution in [3.8, 4) is 0 Å². The van der Waals surface area contributed by atoms with Crippen molar-refractivity contribution in [3.05, 3.63) is 53.7 Å². The minimum Gasteiger partial charge on any atom is -0.467 e. The van der Waals surface area contributed by atoms with Crippen molar-refractivity contribution in [2.24, 2.45) is 5.73 Å². The van der Waals surface area contributed by atoms with Crippen LogP contribution in [0.3, 0.4) is 0 Å². The summed E-state index contributed by atoms with van der Waals surface area (Å²) in [5.41, 5.74) is 8.08. The standard InChI is InChI=1S/C18H22N4O2.2ClH/c1-12(2)22-16-6-4-3-5-15(16)21-17(22)7-8-20-18(23)13-9-14(10-19)24-11-13;;/h3-6,9,11-12H,7-8,10,19H2,1-2H3,(H,20,23);2*1H. The molecule has 0 saturated heterocycles. The maximum absolute atomic E-state index is 12.1. The number of carbonyl (C=O) groups is 1. The maximum Gasteiger partial charge on any atom is 0.254 e. The van der Waals surface area contributed by atoms with Gasteiger partial charge in [0.25, 0.3) is 5.91 Å². The zero-order chi connectivity index (χ0) is 17.1. The van der Waals surface area contributed by atoms with E-state index in [1.165, 1.54) is 6.26 Å². The van der Waals surface area contributed by atoms with E-state index in [1.807, 2.05) is 18.2 Å². The largest absolute Gasteiger partial charge is 0.467 e. The second-order valence-electron chi connectivity index (χ2n) is 5.99. The zero-order valence-corrected chi connectivity index (χ0v) is 16.4. The number of rotatable bonds is 6. The first-order valence-electron chi connectivity index (χ1n) is 8.11. The van der Waals surface area contributed by atoms with Gasteiger partial charge in [0.2, 0.25) is 0 Å². The molecule has 2 aromatic heterocycles. The van der Waals surface area contributed by atoms with E-state index in [2.05, 4.69) is 29.8 Å². The molecule has 0 unspecified atom stereocenters. The van der Waals surface area contributed by atoms with Crippen molar-refractivity contribution in [2.75, 3.05) is 6.54 Å². The molecule has 0 radical (unpaired) electrons. The summed E-state index contributed by atoms with van der Waals surface area (Å²) in [6.45, 7) is 5.07. The zero-order valence-electron chi connectivity index (χ0n) is 14.8. The number of hydrogen-bond donors (Lipinski definition) is 2. The smallest absolute Gasteiger partial charge is 0.254 e. The van der Waals surface area contributed by atoms with E-state index in [1.54, 1.807) is 6.07 Å². The first kappa shape index (κ1) is 22.0. The molecule has 142 valence electrons. The molecule has 0 saturated carbocycles. The second-order valence-corrected chi connectivity index (χ2v) is 5.99. The van der Waals surface area contributed by atoms with Gasteiger partial charge in [0.1, 0.15) is 17.8 Å². The Morgan fingerprint density at radius 1 is 1.31 bits per heavy atom. The first-order valence-corrected chi connectivity index (χ1v) is 8.11. The quantitative estimate of drug-likeness (QED) is 0.665. The second kappa shape index (κ2) is 9.62. The van der Waals surface area contributed by atoms with Gasteiger partial charge < -0.3 is 20.0 Å². The predicted molar refractivity (Wildman–Crippen MR) is 107 cm³/mol. The number of hydrogen-bond acceptors (Lipinski definition) is 4. The maximum atomic E-state index is 12.1. The summed E-state index contributed by atoms with van der Waals surface area (Å²) in [7, 11) is 0. The van der Waals surface area contributed by atoms with Gasteiger partial charge in [0, 0.05) is 19.0 Å². The summed E-state index contributed by atoms with van der Waals surface area (Å²) in [5, 5.41) is 2.90. The highest BCUT2D eigenvalue weighted by atomic mass is 35.5. The van der Waals surface area contributed by atoms with Crippen molar-refractivity contribution < 1.29 is 9.21 Å². The van der Waals surface area contributed by atoms with Crippen LogP contribution in [0, 0.1) is 0 Å². The Kier molecular flexibility index (Phi) is 8.14. The summed E-state index contributed by atoms with van der Waals surface area (Å²) >= 11 is 0. The fourth-order valence-electron chi connectivity index (χ4n) is 2.84. The molecule has 0 spiro atoms. The number of nitrogens with one attached hydrogen (secondary N) is 1. The Hall–Kier alpha value is -2.02. The van der Waals surface area contributed by atoms with Crippen LogP contribution in [0.1, 0.15) is 41.8 Å². The molecule has 1 amide bonds. The molecule has 1 aromatic carbocycles. The van der Waals surface area contributed by atoms with Crippen LogP contribution < -0.4 is 11.1 Å². The molecule has 0 aliphatic heterocycles. The average Bonchev–Trinajstić information content (AvgIpc) is 3.18. The summed E-state index contributed by atoms with van der Waals surface area (Å²) in [6.07, 6.45) is 2.10. The Balaban J connectivity index is 0.00000169. The third kappa shape index (κ3) is 4.58. The fourth-order valence-corrected chi connectivity index (χ4v) is 2.84. The van der Waals surface area contributed by atoms with Crippen LogP contribution in [0.2, 0.25) is 0 Å². The molecule has 0 atom stereocenters. The summed E-state index contributed by atoms with van der Waals surface area (Å²) in [5.74, 6) is 1.41. The molecule has 3 rings (SSSR count). The van der Waals surface area contributed by atoms with Gasteiger partial charge in [0.05, 0.1) is 23.1 Å². The molecule has 2 heterocycles. The fraction of sp³-hybridized carbons (Fsp3) is 0.333. The Bertz CT molecular complexity index is 858. The van der Waals surface area contributed by atoms with Gasteiger partial charge >= 0.3 is 0 Å². The SMILES string of the molecule is CC(C)n1c(CCNC(=O)c2coc(CN)c2)nc2ccccc21.Cl.Cl. The van der Waals surface area contributed by atoms with E-state index >= 15 is 0 Å². The van der Waals surface area contributed by atoms with Crippen molar-refractivity contribution in [1.29, 1.82) is 0 Å². The van der Waals surface area contributed by atoms with Gasteiger partial charge in [-0.1, -0.05) is 12.1 Å². The third-order valence-electron chi connectivity index (χ3n) is 3.94. The number of nitrogens with zero attached hydrogens (tertiary/aromatic N) is 2. The van der Waals surface area contributed by atoms with Crippen molar-refractivity contribution in [2.45, 2.75) is 32.9 Å². The molecule has 3 aromatic rings. The first-order chi connectivity index (χ1) is 11.6. The molecule has 3 N–H and O–H groups in total. The van der Waals surface area contributed by atoms with Crippen molar-refractivity contribution >= 4 is 41.8 Å². The minimum atomic E-state index is -0.161. The van der Waals surface area contributed by atoms with Gasteiger partial charge in [-0.2, -0.15) is 0 Å². The lowest BCUT2D eigenvalue weighted by molar-refractivity contribution is 0.0953. The van der Waals surface area contributed by atoms with Crippen LogP contribution in [0.4, 0.5) is 0 Å². The highest BCUT2D eigenvalue weighted by molar-refractivity contribution is 5.93. The van der Waals surface area contributed by atoms with Crippen LogP contribution >= 0.6 is 24.8 Å². The van der Waals surface area contributed by atoms with Crippen LogP contribution in [0.15, 0.2) is 41.0 Å². The molecular weight excluding hydrogens is 375 g/mol. The van der Waals surface area contributed by atoms with Crippen LogP contribution in [-0.2, 0) is 13.0 Å². The lowest BCUT2D eigenvalue weighted by Crippen LogP contribution is -2.26. The number of amides is 1. The lowest BCUT2D eigenvalue weighted by atomic mass is 10.2. The van der Waals surface area contributed by atoms with Gasteiger partial charge in [0.15, 0.2) is 0 Å². The summed E-state index contributed by atoms with van der Waals surface area (Å²) < 4.78 is 7.40. The van der Waals surface area contributed by atoms with E-state index in [-0.39, 0.29) is 37.3 Å². The highest BCUT2D eigenvalue weighted by Crippen LogP contribution is 2.21. The third-order valence-corrected chi connectivity index (χ3v) is 3.94. The number of imidazole rings is 1. The highest BCUT2D eigenvalue weighted by Gasteiger charge is 2.14. The number of benzene rings is 1. The summed E-state index contributed by atoms with van der Waals surface area (Å²) in [4.78, 5) is 16.8. The number of furan rings is 1. The van der Waals surface area contributed by atoms with E-state index < -0.39 is 0 Å². The molecular formula is C18H24Cl2N4O2. The van der Waals surface area contributed by atoms with Crippen molar-refractivity contribution in [1.82, 2.24) is 14.9 Å². The summed E-state index contributed by atoms with van der Waals surface area (Å²) in [6, 6.07) is 10.1. The molecule has 6 nitrogen and oxygen atoms in total. The van der Waals surface area contributed by atoms with E-state index in [9.17, 15) is 4.79 Å². The predicted octanol–water partition coefficient (Wildman–Crippen LogP) is 3.49. The van der Waals surface area contributed by atoms with Crippen LogP contribution in [0.5, 0.6) is 0 Å². The van der Waals surface area contributed by atoms with Gasteiger partial charge in [-0.15, -0.1) is 24.8 Å². The van der Waals surface area contributed by atoms with E-state index in [0.29, 0.717) is 30.3 Å². The number of halogens is 2. The van der Waals surface area contributed by atoms with Crippen LogP contribution in [0.25, 0.3) is 11.0 Å². The normalized spacial score (nSPS) is 10.5. The number of aromatic nitrogens is 2. The van der Waals surface area contributed by atoms with E-state index in [4.69, 9.17) is 15.1 Å². The molecule has 0 fully saturated rings. The van der Waals surface area contributed by atoms with Crippen molar-refractivity contribution in [3.63, 3.8) is 0 Å². The van der Waals surface area contributed by atoms with Crippen LogP contribution in [-0.4, -0.2) is 22.0 Å². The van der Waals surface area contributed by atoms with Gasteiger partial charge in [-0.25, -0.2) is 4.98 Å². The lowest BCUT2D eigenvalue weighted by Gasteiger charge is -2.13. The number of para-hydroxylation sites is 2. The van der Waals surface area contributed by atoms with E-state index in [0.717, 1.165) is 16.9 Å². The monoisotopic (exact) mass is 398 g/mol. The average molecular weight is 399 g/mol. The molecule has 26 heavy (non-hydrogen) atoms. The van der Waals surface area contributed by atoms with Gasteiger partial charge in [-0.3, -0.25) is 4.79 Å². The van der Waals surface area contributed by atoms with Gasteiger partial charge in [-0.05, 0) is 32.0 Å². The minimum absolute atomic E-state index is 0. The Labute approximate surface area is 165 Å². The number of nitrogens with two attached hydrogens (primary N) is 1. The molecule has 8 heteroatoms. The number of fused-ring (bicyclic) bond motifs is 1. The Morgan fingerprint density at radius 2 is 2.04 bits per heavy atom. The molecule has 0 aliphatic rings. The molecule has 0 aliphatic carbocycles. The Morgan fingerprint density at radius 3 is 2.69 bits per heavy atom.